The Labute approximate surface area is 107 Å². The van der Waals surface area contributed by atoms with Gasteiger partial charge in [-0.05, 0) is 20.3 Å². The van der Waals surface area contributed by atoms with Crippen LogP contribution >= 0.6 is 0 Å². The van der Waals surface area contributed by atoms with Crippen LogP contribution in [-0.4, -0.2) is 19.5 Å². The topological polar surface area (TPSA) is 27.7 Å². The number of rotatable bonds is 12. The van der Waals surface area contributed by atoms with Crippen LogP contribution in [0.1, 0.15) is 72.1 Å². The highest BCUT2D eigenvalue weighted by Gasteiger charge is 2.17. The van der Waals surface area contributed by atoms with Gasteiger partial charge < -0.3 is 4.74 Å². The molecular formula is C14H30O3. The number of methoxy groups -OCH3 is 1. The molecule has 0 bridgehead atoms. The van der Waals surface area contributed by atoms with Gasteiger partial charge in [0.05, 0.1) is 6.61 Å². The van der Waals surface area contributed by atoms with Crippen molar-refractivity contribution in [1.29, 1.82) is 0 Å². The molecule has 0 saturated heterocycles. The van der Waals surface area contributed by atoms with Crippen LogP contribution in [0.5, 0.6) is 0 Å². The lowest BCUT2D eigenvalue weighted by Crippen LogP contribution is -2.26. The van der Waals surface area contributed by atoms with E-state index >= 15 is 0 Å². The third kappa shape index (κ3) is 12.1. The average Bonchev–Trinajstić information content (AvgIpc) is 2.31. The maximum absolute atomic E-state index is 5.12. The standard InChI is InChI=1S/C14H30O3/c1-5-6-7-8-9-10-11-12-13-16-17-14(2,3)15-4/h5-13H2,1-4H3. The minimum absolute atomic E-state index is 0.639. The van der Waals surface area contributed by atoms with E-state index in [1.165, 1.54) is 44.9 Å². The summed E-state index contributed by atoms with van der Waals surface area (Å²) in [6, 6.07) is 0. The largest absolute Gasteiger partial charge is 0.351 e. The molecule has 104 valence electrons. The molecule has 17 heavy (non-hydrogen) atoms. The summed E-state index contributed by atoms with van der Waals surface area (Å²) in [4.78, 5) is 10.2. The molecule has 0 fully saturated rings. The molecule has 0 amide bonds. The maximum atomic E-state index is 5.12. The molecule has 0 atom stereocenters. The van der Waals surface area contributed by atoms with E-state index in [1.807, 2.05) is 13.8 Å². The molecule has 0 aromatic rings. The van der Waals surface area contributed by atoms with E-state index in [1.54, 1.807) is 7.11 Å². The van der Waals surface area contributed by atoms with Crippen LogP contribution in [0.2, 0.25) is 0 Å². The van der Waals surface area contributed by atoms with Gasteiger partial charge in [0.15, 0.2) is 5.79 Å². The highest BCUT2D eigenvalue weighted by molar-refractivity contribution is 4.47. The van der Waals surface area contributed by atoms with E-state index in [-0.39, 0.29) is 0 Å². The van der Waals surface area contributed by atoms with Crippen LogP contribution in [0.3, 0.4) is 0 Å². The molecule has 0 unspecified atom stereocenters. The first-order valence-electron chi connectivity index (χ1n) is 6.98. The Morgan fingerprint density at radius 2 is 1.35 bits per heavy atom. The number of hydrogen-bond acceptors (Lipinski definition) is 3. The lowest BCUT2D eigenvalue weighted by Gasteiger charge is -2.21. The second kappa shape index (κ2) is 11.0. The summed E-state index contributed by atoms with van der Waals surface area (Å²) >= 11 is 0. The molecule has 0 aliphatic rings. The van der Waals surface area contributed by atoms with Gasteiger partial charge in [0.2, 0.25) is 0 Å². The van der Waals surface area contributed by atoms with Gasteiger partial charge in [-0.1, -0.05) is 51.9 Å². The summed E-state index contributed by atoms with van der Waals surface area (Å²) in [5.74, 6) is -0.639. The number of unbranched alkanes of at least 4 members (excludes halogenated alkanes) is 7. The Morgan fingerprint density at radius 1 is 0.824 bits per heavy atom. The minimum Gasteiger partial charge on any atom is -0.351 e. The van der Waals surface area contributed by atoms with Crippen molar-refractivity contribution in [3.63, 3.8) is 0 Å². The summed E-state index contributed by atoms with van der Waals surface area (Å²) in [6.07, 6.45) is 10.4. The minimum atomic E-state index is -0.639. The van der Waals surface area contributed by atoms with Crippen molar-refractivity contribution >= 4 is 0 Å². The van der Waals surface area contributed by atoms with Crippen LogP contribution in [0, 0.1) is 0 Å². The third-order valence-corrected chi connectivity index (χ3v) is 2.83. The summed E-state index contributed by atoms with van der Waals surface area (Å²) in [5, 5.41) is 0. The van der Waals surface area contributed by atoms with Crippen molar-refractivity contribution < 1.29 is 14.5 Å². The molecule has 0 N–H and O–H groups in total. The first-order chi connectivity index (χ1) is 8.12. The second-order valence-electron chi connectivity index (χ2n) is 4.98. The number of hydrogen-bond donors (Lipinski definition) is 0. The fourth-order valence-electron chi connectivity index (χ4n) is 1.51. The van der Waals surface area contributed by atoms with Gasteiger partial charge in [-0.15, -0.1) is 0 Å². The van der Waals surface area contributed by atoms with Crippen LogP contribution in [0.15, 0.2) is 0 Å². The molecule has 3 heteroatoms. The lowest BCUT2D eigenvalue weighted by atomic mass is 10.1. The van der Waals surface area contributed by atoms with Gasteiger partial charge in [-0.2, -0.15) is 0 Å². The molecule has 0 aliphatic carbocycles. The molecule has 0 aromatic heterocycles. The predicted molar refractivity (Wildman–Crippen MR) is 70.7 cm³/mol. The smallest absolute Gasteiger partial charge is 0.195 e. The zero-order chi connectivity index (χ0) is 13.0. The van der Waals surface area contributed by atoms with Gasteiger partial charge in [0, 0.05) is 7.11 Å². The fraction of sp³-hybridized carbons (Fsp3) is 1.00. The molecule has 0 radical (unpaired) electrons. The molecule has 0 saturated carbocycles. The van der Waals surface area contributed by atoms with E-state index in [9.17, 15) is 0 Å². The van der Waals surface area contributed by atoms with Crippen molar-refractivity contribution in [2.24, 2.45) is 0 Å². The van der Waals surface area contributed by atoms with Crippen LogP contribution in [0.25, 0.3) is 0 Å². The van der Waals surface area contributed by atoms with Crippen molar-refractivity contribution in [3.8, 4) is 0 Å². The molecule has 0 aromatic carbocycles. The van der Waals surface area contributed by atoms with Crippen molar-refractivity contribution in [1.82, 2.24) is 0 Å². The molecule has 0 heterocycles. The Bertz CT molecular complexity index is 158. The lowest BCUT2D eigenvalue weighted by molar-refractivity contribution is -0.413. The van der Waals surface area contributed by atoms with E-state index in [4.69, 9.17) is 14.5 Å². The summed E-state index contributed by atoms with van der Waals surface area (Å²) in [5.41, 5.74) is 0. The van der Waals surface area contributed by atoms with Gasteiger partial charge in [-0.25, -0.2) is 9.78 Å². The fourth-order valence-corrected chi connectivity index (χ4v) is 1.51. The van der Waals surface area contributed by atoms with Crippen LogP contribution in [0.4, 0.5) is 0 Å². The van der Waals surface area contributed by atoms with E-state index in [2.05, 4.69) is 6.92 Å². The summed E-state index contributed by atoms with van der Waals surface area (Å²) in [7, 11) is 1.61. The third-order valence-electron chi connectivity index (χ3n) is 2.83. The van der Waals surface area contributed by atoms with Crippen molar-refractivity contribution in [2.45, 2.75) is 77.9 Å². The second-order valence-corrected chi connectivity index (χ2v) is 4.98. The van der Waals surface area contributed by atoms with Gasteiger partial charge in [-0.3, -0.25) is 0 Å². The molecule has 0 spiro atoms. The Morgan fingerprint density at radius 3 is 1.88 bits per heavy atom. The van der Waals surface area contributed by atoms with Crippen LogP contribution < -0.4 is 0 Å². The Balaban J connectivity index is 3.09. The normalized spacial score (nSPS) is 12.0. The molecule has 0 aliphatic heterocycles. The van der Waals surface area contributed by atoms with E-state index in [0.717, 1.165) is 6.42 Å². The highest BCUT2D eigenvalue weighted by atomic mass is 17.2. The zero-order valence-corrected chi connectivity index (χ0v) is 12.1. The molecule has 0 rings (SSSR count). The van der Waals surface area contributed by atoms with Gasteiger partial charge in [0.1, 0.15) is 0 Å². The number of ether oxygens (including phenoxy) is 1. The zero-order valence-electron chi connectivity index (χ0n) is 12.1. The SMILES string of the molecule is CCCCCCCCCCOOC(C)(C)OC. The highest BCUT2D eigenvalue weighted by Crippen LogP contribution is 2.11. The monoisotopic (exact) mass is 246 g/mol. The first-order valence-corrected chi connectivity index (χ1v) is 6.98. The van der Waals surface area contributed by atoms with Crippen LogP contribution in [-0.2, 0) is 14.5 Å². The summed E-state index contributed by atoms with van der Waals surface area (Å²) < 4.78 is 5.07. The van der Waals surface area contributed by atoms with Gasteiger partial charge >= 0.3 is 0 Å². The average molecular weight is 246 g/mol. The first kappa shape index (κ1) is 16.9. The van der Waals surface area contributed by atoms with E-state index in [0.29, 0.717) is 6.61 Å². The predicted octanol–water partition coefficient (Wildman–Crippen LogP) is 4.46. The molecule has 3 nitrogen and oxygen atoms in total. The Kier molecular flexibility index (Phi) is 10.9. The Hall–Kier alpha value is -0.120. The van der Waals surface area contributed by atoms with Crippen molar-refractivity contribution in [3.05, 3.63) is 0 Å². The van der Waals surface area contributed by atoms with E-state index < -0.39 is 5.79 Å². The quantitative estimate of drug-likeness (QED) is 0.220. The van der Waals surface area contributed by atoms with Crippen molar-refractivity contribution in [2.75, 3.05) is 13.7 Å². The summed E-state index contributed by atoms with van der Waals surface area (Å²) in [6.45, 7) is 6.57. The van der Waals surface area contributed by atoms with Gasteiger partial charge in [0.25, 0.3) is 0 Å². The molecular weight excluding hydrogens is 216 g/mol. The maximum Gasteiger partial charge on any atom is 0.195 e.